The van der Waals surface area contributed by atoms with E-state index >= 15 is 0 Å². The number of nitrogens with one attached hydrogen (secondary N) is 1. The molecule has 0 saturated carbocycles. The molecule has 42 heavy (non-hydrogen) atoms. The van der Waals surface area contributed by atoms with Gasteiger partial charge in [0.15, 0.2) is 0 Å². The topological polar surface area (TPSA) is 203 Å². The third-order valence-electron chi connectivity index (χ3n) is 7.55. The number of rotatable bonds is 7. The lowest BCUT2D eigenvalue weighted by atomic mass is 9.94. The van der Waals surface area contributed by atoms with Crippen molar-refractivity contribution in [3.05, 3.63) is 66.4 Å². The molecule has 1 aliphatic rings. The normalized spacial score (nSPS) is 15.2. The number of H-pyrrole nitrogens is 1. The quantitative estimate of drug-likeness (QED) is 0.282. The number of aromatic nitrogens is 4. The van der Waals surface area contributed by atoms with Crippen LogP contribution in [-0.4, -0.2) is 60.1 Å². The molecule has 5 rings (SSSR count). The Hall–Kier alpha value is -3.97. The van der Waals surface area contributed by atoms with Gasteiger partial charge in [-0.3, -0.25) is 9.89 Å². The van der Waals surface area contributed by atoms with Gasteiger partial charge in [-0.2, -0.15) is 10.4 Å². The average Bonchev–Trinajstić information content (AvgIpc) is 3.70. The summed E-state index contributed by atoms with van der Waals surface area (Å²) in [6.07, 6.45) is 6.63. The number of nitriles is 1. The van der Waals surface area contributed by atoms with Crippen LogP contribution < -0.4 is 10.3 Å². The van der Waals surface area contributed by atoms with Gasteiger partial charge in [0, 0.05) is 55.7 Å². The first kappa shape index (κ1) is 31.0. The Bertz CT molecular complexity index is 1810. The van der Waals surface area contributed by atoms with Crippen LogP contribution in [0.2, 0.25) is 0 Å². The molecule has 0 aliphatic carbocycles. The third-order valence-corrected chi connectivity index (χ3v) is 9.39. The molecular formula is C27H34N8O5S2. The molecule has 1 saturated heterocycles. The van der Waals surface area contributed by atoms with Crippen LogP contribution in [-0.2, 0) is 38.4 Å². The minimum Gasteiger partial charge on any atom is -0.347 e. The fourth-order valence-electron chi connectivity index (χ4n) is 5.16. The number of hydrogen-bond donors (Lipinski definition) is 3. The average molecular weight is 615 g/mol. The lowest BCUT2D eigenvalue weighted by Crippen LogP contribution is -2.41. The number of aryl methyl sites for hydroxylation is 2. The minimum atomic E-state index is -3.91. The van der Waals surface area contributed by atoms with Crippen molar-refractivity contribution in [3.63, 3.8) is 0 Å². The molecule has 1 unspecified atom stereocenters. The molecule has 4 aromatic rings. The summed E-state index contributed by atoms with van der Waals surface area (Å²) in [4.78, 5) is 15.7. The number of piperidine rings is 1. The number of likely N-dealkylation sites (tertiary alicyclic amines) is 1. The maximum atomic E-state index is 13.7. The molecule has 0 bridgehead atoms. The summed E-state index contributed by atoms with van der Waals surface area (Å²) >= 11 is 0. The second-order valence-electron chi connectivity index (χ2n) is 10.4. The second kappa shape index (κ2) is 12.5. The molecule has 13 nitrogen and oxygen atoms in total. The van der Waals surface area contributed by atoms with Crippen LogP contribution in [0.3, 0.4) is 0 Å². The molecule has 15 heteroatoms. The van der Waals surface area contributed by atoms with Crippen molar-refractivity contribution in [2.45, 2.75) is 48.4 Å². The van der Waals surface area contributed by atoms with Gasteiger partial charge in [-0.1, -0.05) is 13.0 Å². The van der Waals surface area contributed by atoms with Gasteiger partial charge in [0.05, 0.1) is 17.0 Å². The van der Waals surface area contributed by atoms with E-state index in [4.69, 9.17) is 10.3 Å². The van der Waals surface area contributed by atoms with E-state index in [0.717, 1.165) is 37.8 Å². The fourth-order valence-corrected chi connectivity index (χ4v) is 6.31. The summed E-state index contributed by atoms with van der Waals surface area (Å²) in [5.74, 6) is 0.161. The molecule has 0 spiro atoms. The molecule has 224 valence electrons. The van der Waals surface area contributed by atoms with Gasteiger partial charge in [-0.15, -0.1) is 0 Å². The molecular weight excluding hydrogens is 580 g/mol. The van der Waals surface area contributed by atoms with Crippen molar-refractivity contribution in [2.24, 2.45) is 23.2 Å². The predicted molar refractivity (Wildman–Crippen MR) is 156 cm³/mol. The highest BCUT2D eigenvalue weighted by molar-refractivity contribution is 7.89. The Morgan fingerprint density at radius 2 is 1.86 bits per heavy atom. The lowest BCUT2D eigenvalue weighted by Gasteiger charge is -2.33. The monoisotopic (exact) mass is 614 g/mol. The third kappa shape index (κ3) is 6.90. The van der Waals surface area contributed by atoms with Crippen LogP contribution in [0.25, 0.3) is 10.9 Å². The summed E-state index contributed by atoms with van der Waals surface area (Å²) in [7, 11) is -5.62. The number of sulfonamides is 2. The van der Waals surface area contributed by atoms with E-state index in [1.54, 1.807) is 18.2 Å². The first-order chi connectivity index (χ1) is 19.8. The van der Waals surface area contributed by atoms with Crippen molar-refractivity contribution in [2.75, 3.05) is 13.1 Å². The Kier molecular flexibility index (Phi) is 9.21. The van der Waals surface area contributed by atoms with Crippen LogP contribution in [0.15, 0.2) is 64.8 Å². The highest BCUT2D eigenvalue weighted by Crippen LogP contribution is 2.33. The van der Waals surface area contributed by atoms with Crippen LogP contribution in [0.5, 0.6) is 0 Å². The van der Waals surface area contributed by atoms with Crippen LogP contribution >= 0.6 is 0 Å². The maximum Gasteiger partial charge on any atom is 0.241 e. The summed E-state index contributed by atoms with van der Waals surface area (Å²) in [6.45, 7) is 4.14. The van der Waals surface area contributed by atoms with Gasteiger partial charge >= 0.3 is 0 Å². The molecule has 5 N–H and O–H groups in total. The molecule has 3 aromatic heterocycles. The van der Waals surface area contributed by atoms with E-state index in [1.165, 1.54) is 12.3 Å². The van der Waals surface area contributed by atoms with E-state index in [1.807, 2.05) is 39.4 Å². The number of fused-ring (bicyclic) bond motifs is 1. The number of primary sulfonamides is 2. The van der Waals surface area contributed by atoms with Crippen LogP contribution in [0, 0.1) is 17.2 Å². The number of carbonyl (C=O) groups excluding carboxylic acids is 1. The van der Waals surface area contributed by atoms with E-state index in [9.17, 15) is 26.9 Å². The Morgan fingerprint density at radius 3 is 2.43 bits per heavy atom. The first-order valence-corrected chi connectivity index (χ1v) is 16.4. The standard InChI is InChI=1S/C24H29N5O3S.C3H5N3O2S/c1-17-8-12-29(13-9-17)24(30)19(10-14-28-11-4-5-18(28)16-25)22-15-20-21(27(22)2)6-3-7-23(20)33(26,31)32;4-9(7,8)3-1-5-6-2-3/h3-7,11,15,17,19H,8-10,12-14H2,1-2H3,(H2,26,31,32);1-2H,(H,5,6)(H2,4,7,8). The van der Waals surface area contributed by atoms with Crippen molar-refractivity contribution >= 4 is 36.9 Å². The summed E-state index contributed by atoms with van der Waals surface area (Å²) in [5, 5.41) is 25.8. The summed E-state index contributed by atoms with van der Waals surface area (Å²) < 4.78 is 48.9. The lowest BCUT2D eigenvalue weighted by molar-refractivity contribution is -0.134. The highest BCUT2D eigenvalue weighted by Gasteiger charge is 2.31. The van der Waals surface area contributed by atoms with E-state index < -0.39 is 26.0 Å². The van der Waals surface area contributed by atoms with Crippen molar-refractivity contribution in [1.29, 1.82) is 5.26 Å². The smallest absolute Gasteiger partial charge is 0.241 e. The van der Waals surface area contributed by atoms with Gasteiger partial charge in [0.25, 0.3) is 0 Å². The molecule has 1 atom stereocenters. The number of nitrogens with zero attached hydrogens (tertiary/aromatic N) is 5. The van der Waals surface area contributed by atoms with Crippen molar-refractivity contribution in [1.82, 2.24) is 24.2 Å². The van der Waals surface area contributed by atoms with Gasteiger partial charge in [-0.05, 0) is 55.5 Å². The second-order valence-corrected chi connectivity index (χ2v) is 13.5. The summed E-state index contributed by atoms with van der Waals surface area (Å²) in [5.41, 5.74) is 2.00. The zero-order chi connectivity index (χ0) is 30.7. The number of nitrogens with two attached hydrogens (primary N) is 2. The highest BCUT2D eigenvalue weighted by atomic mass is 32.2. The van der Waals surface area contributed by atoms with Gasteiger partial charge in [0.2, 0.25) is 26.0 Å². The molecule has 1 amide bonds. The number of amides is 1. The number of hydrogen-bond acceptors (Lipinski definition) is 7. The van der Waals surface area contributed by atoms with Crippen molar-refractivity contribution < 1.29 is 21.6 Å². The molecule has 1 aliphatic heterocycles. The zero-order valence-corrected chi connectivity index (χ0v) is 25.0. The Morgan fingerprint density at radius 1 is 1.14 bits per heavy atom. The molecule has 0 radical (unpaired) electrons. The maximum absolute atomic E-state index is 13.7. The van der Waals surface area contributed by atoms with Crippen LogP contribution in [0.1, 0.15) is 43.5 Å². The van der Waals surface area contributed by atoms with E-state index in [-0.39, 0.29) is 15.7 Å². The first-order valence-electron chi connectivity index (χ1n) is 13.3. The van der Waals surface area contributed by atoms with Gasteiger partial charge in [0.1, 0.15) is 16.7 Å². The predicted octanol–water partition coefficient (Wildman–Crippen LogP) is 1.99. The fraction of sp³-hybridized carbons (Fsp3) is 0.370. The Labute approximate surface area is 244 Å². The van der Waals surface area contributed by atoms with Crippen molar-refractivity contribution in [3.8, 4) is 6.07 Å². The molecule has 1 fully saturated rings. The number of aromatic amines is 1. The SMILES string of the molecule is CC1CCN(C(=O)C(CCn2cccc2C#N)c2cc3c(S(N)(=O)=O)cccc3n2C)CC1.NS(=O)(=O)c1cn[nH]c1. The number of benzene rings is 1. The van der Waals surface area contributed by atoms with E-state index in [2.05, 4.69) is 23.2 Å². The minimum absolute atomic E-state index is 0.00231. The van der Waals surface area contributed by atoms with E-state index in [0.29, 0.717) is 35.5 Å². The zero-order valence-electron chi connectivity index (χ0n) is 23.3. The van der Waals surface area contributed by atoms with Crippen LogP contribution in [0.4, 0.5) is 0 Å². The number of carbonyl (C=O) groups is 1. The molecule has 4 heterocycles. The largest absolute Gasteiger partial charge is 0.347 e. The summed E-state index contributed by atoms with van der Waals surface area (Å²) in [6, 6.07) is 12.5. The van der Waals surface area contributed by atoms with Gasteiger partial charge in [-0.25, -0.2) is 27.1 Å². The Balaban J connectivity index is 0.000000385. The molecule has 1 aromatic carbocycles. The van der Waals surface area contributed by atoms with Gasteiger partial charge < -0.3 is 14.0 Å².